The van der Waals surface area contributed by atoms with Crippen LogP contribution in [0, 0.1) is 11.3 Å². The summed E-state index contributed by atoms with van der Waals surface area (Å²) in [6.07, 6.45) is -1.07. The highest BCUT2D eigenvalue weighted by atomic mass is 19.4. The van der Waals surface area contributed by atoms with Crippen LogP contribution in [0.4, 0.5) is 24.8 Å². The van der Waals surface area contributed by atoms with Gasteiger partial charge in [0.05, 0.1) is 11.1 Å². The summed E-state index contributed by atoms with van der Waals surface area (Å²) in [5.74, 6) is 1.17. The Balaban J connectivity index is 1.73. The molecular weight excluding hydrogens is 331 g/mol. The minimum absolute atomic E-state index is 0.517. The Labute approximate surface area is 143 Å². The van der Waals surface area contributed by atoms with Crippen molar-refractivity contribution in [1.29, 1.82) is 5.26 Å². The molecule has 1 aliphatic heterocycles. The lowest BCUT2D eigenvalue weighted by molar-refractivity contribution is -0.137. The predicted octanol–water partition coefficient (Wildman–Crippen LogP) is 3.08. The molecule has 8 heteroatoms. The largest absolute Gasteiger partial charge is 0.417 e. The molecule has 2 aromatic rings. The monoisotopic (exact) mass is 347 g/mol. The Kier molecular flexibility index (Phi) is 4.74. The van der Waals surface area contributed by atoms with Crippen molar-refractivity contribution in [2.75, 3.05) is 36.0 Å². The molecule has 0 atom stereocenters. The number of alkyl halides is 3. The summed E-state index contributed by atoms with van der Waals surface area (Å²) in [6.45, 7) is 2.63. The molecule has 1 saturated heterocycles. The van der Waals surface area contributed by atoms with Gasteiger partial charge in [-0.25, -0.2) is 9.97 Å². The quantitative estimate of drug-likeness (QED) is 0.836. The number of hydrogen-bond donors (Lipinski definition) is 0. The van der Waals surface area contributed by atoms with Gasteiger partial charge < -0.3 is 9.80 Å². The number of nitriles is 1. The second-order valence-electron chi connectivity index (χ2n) is 5.72. The Morgan fingerprint density at radius 2 is 1.76 bits per heavy atom. The maximum absolute atomic E-state index is 12.6. The topological polar surface area (TPSA) is 56.1 Å². The Bertz CT molecular complexity index is 767. The molecule has 3 rings (SSSR count). The van der Waals surface area contributed by atoms with Crippen LogP contribution in [0.25, 0.3) is 0 Å². The smallest absolute Gasteiger partial charge is 0.355 e. The first kappa shape index (κ1) is 17.0. The zero-order valence-electron chi connectivity index (χ0n) is 13.4. The number of rotatable bonds is 2. The van der Waals surface area contributed by atoms with Gasteiger partial charge in [-0.05, 0) is 30.7 Å². The van der Waals surface area contributed by atoms with Gasteiger partial charge in [0.25, 0.3) is 0 Å². The third kappa shape index (κ3) is 3.82. The minimum atomic E-state index is -4.38. The molecule has 1 aliphatic rings. The molecule has 0 saturated carbocycles. The van der Waals surface area contributed by atoms with E-state index in [4.69, 9.17) is 0 Å². The van der Waals surface area contributed by atoms with E-state index in [1.54, 1.807) is 18.3 Å². The van der Waals surface area contributed by atoms with E-state index < -0.39 is 11.7 Å². The van der Waals surface area contributed by atoms with Crippen molar-refractivity contribution in [2.24, 2.45) is 0 Å². The van der Waals surface area contributed by atoms with Crippen LogP contribution in [0.3, 0.4) is 0 Å². The fraction of sp³-hybridized carbons (Fsp3) is 0.353. The van der Waals surface area contributed by atoms with Crippen LogP contribution in [0.1, 0.15) is 17.5 Å². The van der Waals surface area contributed by atoms with Crippen molar-refractivity contribution < 1.29 is 13.2 Å². The third-order valence-corrected chi connectivity index (χ3v) is 4.10. The van der Waals surface area contributed by atoms with Crippen molar-refractivity contribution >= 4 is 11.6 Å². The predicted molar refractivity (Wildman–Crippen MR) is 87.2 cm³/mol. The van der Waals surface area contributed by atoms with E-state index in [0.717, 1.165) is 25.2 Å². The molecule has 3 heterocycles. The first-order valence-electron chi connectivity index (χ1n) is 7.87. The summed E-state index contributed by atoms with van der Waals surface area (Å²) in [4.78, 5) is 12.2. The van der Waals surface area contributed by atoms with Gasteiger partial charge in [-0.3, -0.25) is 0 Å². The van der Waals surface area contributed by atoms with E-state index >= 15 is 0 Å². The lowest BCUT2D eigenvalue weighted by atomic mass is 10.2. The Morgan fingerprint density at radius 3 is 2.44 bits per heavy atom. The van der Waals surface area contributed by atoms with E-state index in [0.29, 0.717) is 36.8 Å². The van der Waals surface area contributed by atoms with Crippen molar-refractivity contribution in [3.05, 3.63) is 47.8 Å². The molecular formula is C17H16F3N5. The first-order chi connectivity index (χ1) is 12.0. The van der Waals surface area contributed by atoms with Gasteiger partial charge in [0, 0.05) is 38.6 Å². The van der Waals surface area contributed by atoms with Crippen molar-refractivity contribution in [1.82, 2.24) is 9.97 Å². The molecule has 0 aliphatic carbocycles. The van der Waals surface area contributed by atoms with Crippen LogP contribution in [-0.4, -0.2) is 36.1 Å². The van der Waals surface area contributed by atoms with Crippen molar-refractivity contribution in [3.8, 4) is 6.07 Å². The number of nitrogens with zero attached hydrogens (tertiary/aromatic N) is 5. The van der Waals surface area contributed by atoms with Crippen LogP contribution in [0.5, 0.6) is 0 Å². The maximum Gasteiger partial charge on any atom is 0.417 e. The van der Waals surface area contributed by atoms with Crippen LogP contribution in [0.15, 0.2) is 36.7 Å². The van der Waals surface area contributed by atoms with E-state index in [1.165, 1.54) is 6.07 Å². The van der Waals surface area contributed by atoms with Gasteiger partial charge in [-0.2, -0.15) is 18.4 Å². The highest BCUT2D eigenvalue weighted by Gasteiger charge is 2.31. The van der Waals surface area contributed by atoms with E-state index in [9.17, 15) is 18.4 Å². The summed E-state index contributed by atoms with van der Waals surface area (Å²) in [6, 6.07) is 8.04. The number of anilines is 2. The fourth-order valence-corrected chi connectivity index (χ4v) is 2.84. The molecule has 0 bridgehead atoms. The normalized spacial score (nSPS) is 15.6. The molecule has 0 spiro atoms. The lowest BCUT2D eigenvalue weighted by Gasteiger charge is -2.24. The third-order valence-electron chi connectivity index (χ3n) is 4.10. The van der Waals surface area contributed by atoms with Crippen LogP contribution >= 0.6 is 0 Å². The van der Waals surface area contributed by atoms with Crippen LogP contribution < -0.4 is 9.80 Å². The van der Waals surface area contributed by atoms with E-state index in [2.05, 4.69) is 16.0 Å². The van der Waals surface area contributed by atoms with Crippen molar-refractivity contribution in [2.45, 2.75) is 12.6 Å². The fourth-order valence-electron chi connectivity index (χ4n) is 2.84. The van der Waals surface area contributed by atoms with Gasteiger partial charge >= 0.3 is 6.18 Å². The van der Waals surface area contributed by atoms with E-state index in [1.807, 2.05) is 9.80 Å². The molecule has 0 radical (unpaired) electrons. The average molecular weight is 347 g/mol. The summed E-state index contributed by atoms with van der Waals surface area (Å²) < 4.78 is 37.9. The van der Waals surface area contributed by atoms with Gasteiger partial charge in [-0.15, -0.1) is 0 Å². The second-order valence-corrected chi connectivity index (χ2v) is 5.72. The molecule has 0 aromatic carbocycles. The molecule has 2 aromatic heterocycles. The standard InChI is InChI=1S/C17H16F3N5/c18-17(19,20)14-4-5-15(23-12-14)24-7-2-8-25(10-9-24)16-13(11-21)3-1-6-22-16/h1,3-6,12H,2,7-10H2. The molecule has 1 fully saturated rings. The SMILES string of the molecule is N#Cc1cccnc1N1CCCN(c2ccc(C(F)(F)F)cn2)CC1. The zero-order chi connectivity index (χ0) is 17.9. The highest BCUT2D eigenvalue weighted by Crippen LogP contribution is 2.29. The molecule has 5 nitrogen and oxygen atoms in total. The second kappa shape index (κ2) is 6.97. The van der Waals surface area contributed by atoms with Gasteiger partial charge in [-0.1, -0.05) is 0 Å². The van der Waals surface area contributed by atoms with E-state index in [-0.39, 0.29) is 0 Å². The van der Waals surface area contributed by atoms with Gasteiger partial charge in [0.15, 0.2) is 0 Å². The molecule has 0 amide bonds. The summed E-state index contributed by atoms with van der Waals surface area (Å²) >= 11 is 0. The van der Waals surface area contributed by atoms with Crippen molar-refractivity contribution in [3.63, 3.8) is 0 Å². The van der Waals surface area contributed by atoms with Crippen LogP contribution in [0.2, 0.25) is 0 Å². The Morgan fingerprint density at radius 1 is 1.00 bits per heavy atom. The number of hydrogen-bond acceptors (Lipinski definition) is 5. The Hall–Kier alpha value is -2.82. The number of halogens is 3. The average Bonchev–Trinajstić information content (AvgIpc) is 2.87. The molecule has 0 unspecified atom stereocenters. The van der Waals surface area contributed by atoms with Gasteiger partial charge in [0.1, 0.15) is 17.7 Å². The van der Waals surface area contributed by atoms with Crippen LogP contribution in [-0.2, 0) is 6.18 Å². The first-order valence-corrected chi connectivity index (χ1v) is 7.87. The minimum Gasteiger partial charge on any atom is -0.355 e. The maximum atomic E-state index is 12.6. The summed E-state index contributed by atoms with van der Waals surface area (Å²) in [5.41, 5.74) is -0.233. The molecule has 130 valence electrons. The number of aromatic nitrogens is 2. The highest BCUT2D eigenvalue weighted by molar-refractivity contribution is 5.54. The van der Waals surface area contributed by atoms with Gasteiger partial charge in [0.2, 0.25) is 0 Å². The number of pyridine rings is 2. The summed E-state index contributed by atoms with van der Waals surface area (Å²) in [7, 11) is 0. The zero-order valence-corrected chi connectivity index (χ0v) is 13.4. The summed E-state index contributed by atoms with van der Waals surface area (Å²) in [5, 5.41) is 9.21. The molecule has 0 N–H and O–H groups in total. The lowest BCUT2D eigenvalue weighted by Crippen LogP contribution is -2.32. The molecule has 25 heavy (non-hydrogen) atoms.